The number of hydrogen-bond donors (Lipinski definition) is 2. The predicted molar refractivity (Wildman–Crippen MR) is 70.4 cm³/mol. The van der Waals surface area contributed by atoms with Crippen molar-refractivity contribution in [2.24, 2.45) is 5.84 Å². The Morgan fingerprint density at radius 1 is 1.44 bits per heavy atom. The van der Waals surface area contributed by atoms with Gasteiger partial charge >= 0.3 is 0 Å². The first kappa shape index (κ1) is 12.0. The highest BCUT2D eigenvalue weighted by Crippen LogP contribution is 2.30. The van der Waals surface area contributed by atoms with Crippen molar-refractivity contribution in [2.45, 2.75) is 6.04 Å². The van der Waals surface area contributed by atoms with Crippen LogP contribution in [0.1, 0.15) is 17.3 Å². The van der Waals surface area contributed by atoms with Crippen LogP contribution in [0.5, 0.6) is 0 Å². The van der Waals surface area contributed by atoms with E-state index in [9.17, 15) is 0 Å². The fourth-order valence-corrected chi connectivity index (χ4v) is 3.05. The Balaban J connectivity index is 2.37. The normalized spacial score (nSPS) is 12.7. The van der Waals surface area contributed by atoms with Crippen LogP contribution in [0.3, 0.4) is 0 Å². The first-order valence-electron chi connectivity index (χ1n) is 4.51. The van der Waals surface area contributed by atoms with Gasteiger partial charge in [-0.15, -0.1) is 0 Å². The molecule has 16 heavy (non-hydrogen) atoms. The summed E-state index contributed by atoms with van der Waals surface area (Å²) in [7, 11) is 0. The molecule has 0 fully saturated rings. The van der Waals surface area contributed by atoms with Crippen molar-refractivity contribution in [3.63, 3.8) is 0 Å². The van der Waals surface area contributed by atoms with E-state index in [4.69, 9.17) is 17.4 Å². The number of hydrogen-bond acceptors (Lipinski definition) is 4. The van der Waals surface area contributed by atoms with Gasteiger partial charge in [0.25, 0.3) is 0 Å². The Morgan fingerprint density at radius 2 is 2.25 bits per heavy atom. The van der Waals surface area contributed by atoms with Gasteiger partial charge in [0.1, 0.15) is 0 Å². The van der Waals surface area contributed by atoms with Crippen LogP contribution in [0, 0.1) is 0 Å². The first-order chi connectivity index (χ1) is 7.72. The van der Waals surface area contributed by atoms with Gasteiger partial charge in [-0.25, -0.2) is 5.43 Å². The first-order valence-corrected chi connectivity index (χ1v) is 6.63. The molecule has 0 aliphatic carbocycles. The monoisotopic (exact) mass is 317 g/mol. The van der Waals surface area contributed by atoms with Crippen LogP contribution in [-0.2, 0) is 0 Å². The van der Waals surface area contributed by atoms with Crippen LogP contribution < -0.4 is 11.3 Å². The zero-order chi connectivity index (χ0) is 11.5. The van der Waals surface area contributed by atoms with Gasteiger partial charge in [-0.1, -0.05) is 11.6 Å². The Bertz CT molecular complexity index is 471. The van der Waals surface area contributed by atoms with Crippen LogP contribution in [0.15, 0.2) is 33.6 Å². The van der Waals surface area contributed by atoms with Crippen molar-refractivity contribution in [1.29, 1.82) is 0 Å². The van der Waals surface area contributed by atoms with Crippen molar-refractivity contribution in [2.75, 3.05) is 0 Å². The fraction of sp³-hybridized carbons (Fsp3) is 0.100. The minimum absolute atomic E-state index is 0.127. The summed E-state index contributed by atoms with van der Waals surface area (Å²) in [5, 5.41) is 4.66. The third kappa shape index (κ3) is 2.44. The molecule has 84 valence electrons. The summed E-state index contributed by atoms with van der Waals surface area (Å²) >= 11 is 10.9. The molecule has 2 rings (SSSR count). The Kier molecular flexibility index (Phi) is 3.94. The van der Waals surface area contributed by atoms with Crippen molar-refractivity contribution >= 4 is 38.9 Å². The molecule has 3 nitrogen and oxygen atoms in total. The van der Waals surface area contributed by atoms with Gasteiger partial charge in [-0.05, 0) is 33.4 Å². The average molecular weight is 319 g/mol. The van der Waals surface area contributed by atoms with Crippen molar-refractivity contribution in [1.82, 2.24) is 10.4 Å². The second-order valence-corrected chi connectivity index (χ2v) is 5.21. The van der Waals surface area contributed by atoms with Crippen LogP contribution in [0.4, 0.5) is 0 Å². The number of nitrogens with zero attached hydrogens (tertiary/aromatic N) is 1. The van der Waals surface area contributed by atoms with Gasteiger partial charge in [0.2, 0.25) is 0 Å². The molecule has 0 bridgehead atoms. The van der Waals surface area contributed by atoms with Gasteiger partial charge in [0, 0.05) is 21.6 Å². The minimum atomic E-state index is -0.127. The van der Waals surface area contributed by atoms with Crippen LogP contribution in [0.2, 0.25) is 5.02 Å². The lowest BCUT2D eigenvalue weighted by atomic mass is 10.1. The smallest absolute Gasteiger partial charge is 0.0900 e. The molecule has 0 radical (unpaired) electrons. The third-order valence-corrected chi connectivity index (χ3v) is 4.14. The molecular formula is C10H9BrClN3S. The highest BCUT2D eigenvalue weighted by molar-refractivity contribution is 9.10. The van der Waals surface area contributed by atoms with Crippen LogP contribution in [0.25, 0.3) is 0 Å². The zero-order valence-electron chi connectivity index (χ0n) is 8.15. The number of pyridine rings is 1. The summed E-state index contributed by atoms with van der Waals surface area (Å²) in [6, 6.07) is 3.53. The van der Waals surface area contributed by atoms with Gasteiger partial charge < -0.3 is 0 Å². The van der Waals surface area contributed by atoms with E-state index < -0.39 is 0 Å². The molecule has 0 aliphatic heterocycles. The minimum Gasteiger partial charge on any atom is -0.271 e. The molecule has 3 N–H and O–H groups in total. The van der Waals surface area contributed by atoms with E-state index in [2.05, 4.69) is 26.3 Å². The molecule has 0 amide bonds. The molecule has 0 saturated carbocycles. The summed E-state index contributed by atoms with van der Waals surface area (Å²) < 4.78 is 1.03. The van der Waals surface area contributed by atoms with E-state index in [1.54, 1.807) is 23.6 Å². The molecule has 0 aliphatic rings. The Labute approximate surface area is 111 Å². The summed E-state index contributed by atoms with van der Waals surface area (Å²) in [5.41, 5.74) is 4.66. The molecular weight excluding hydrogens is 310 g/mol. The van der Waals surface area contributed by atoms with Crippen LogP contribution in [-0.4, -0.2) is 4.98 Å². The molecule has 2 heterocycles. The second kappa shape index (κ2) is 5.25. The number of hydrazine groups is 1. The number of nitrogens with one attached hydrogen (secondary N) is 1. The number of aromatic nitrogens is 1. The molecule has 2 aromatic heterocycles. The molecule has 0 saturated heterocycles. The molecule has 2 aromatic rings. The lowest BCUT2D eigenvalue weighted by molar-refractivity contribution is 0.620. The van der Waals surface area contributed by atoms with E-state index in [0.29, 0.717) is 5.02 Å². The van der Waals surface area contributed by atoms with E-state index in [-0.39, 0.29) is 6.04 Å². The molecule has 1 atom stereocenters. The predicted octanol–water partition coefficient (Wildman–Crippen LogP) is 3.11. The fourth-order valence-electron chi connectivity index (χ4n) is 1.39. The Hall–Kier alpha value is -0.460. The number of rotatable bonds is 3. The topological polar surface area (TPSA) is 50.9 Å². The SMILES string of the molecule is NNC(c1ccc(Cl)cn1)c1cscc1Br. The van der Waals surface area contributed by atoms with Crippen molar-refractivity contribution in [3.05, 3.63) is 49.8 Å². The van der Waals surface area contributed by atoms with E-state index >= 15 is 0 Å². The zero-order valence-corrected chi connectivity index (χ0v) is 11.3. The Morgan fingerprint density at radius 3 is 2.75 bits per heavy atom. The lowest BCUT2D eigenvalue weighted by Gasteiger charge is -2.14. The van der Waals surface area contributed by atoms with E-state index in [1.807, 2.05) is 16.8 Å². The lowest BCUT2D eigenvalue weighted by Crippen LogP contribution is -2.29. The highest BCUT2D eigenvalue weighted by atomic mass is 79.9. The van der Waals surface area contributed by atoms with Crippen molar-refractivity contribution in [3.8, 4) is 0 Å². The highest BCUT2D eigenvalue weighted by Gasteiger charge is 2.17. The maximum absolute atomic E-state index is 5.79. The number of nitrogens with two attached hydrogens (primary N) is 1. The third-order valence-electron chi connectivity index (χ3n) is 2.17. The molecule has 1 unspecified atom stereocenters. The second-order valence-electron chi connectivity index (χ2n) is 3.18. The number of thiophene rings is 1. The van der Waals surface area contributed by atoms with Gasteiger partial charge in [-0.3, -0.25) is 10.8 Å². The summed E-state index contributed by atoms with van der Waals surface area (Å²) in [4.78, 5) is 4.26. The van der Waals surface area contributed by atoms with E-state index in [1.165, 1.54) is 0 Å². The maximum atomic E-state index is 5.79. The van der Waals surface area contributed by atoms with Gasteiger partial charge in [0.05, 0.1) is 16.8 Å². The number of halogens is 2. The van der Waals surface area contributed by atoms with E-state index in [0.717, 1.165) is 15.7 Å². The molecule has 6 heteroatoms. The summed E-state index contributed by atoms with van der Waals surface area (Å²) in [5.74, 6) is 5.56. The largest absolute Gasteiger partial charge is 0.271 e. The molecule has 0 spiro atoms. The van der Waals surface area contributed by atoms with Gasteiger partial charge in [0.15, 0.2) is 0 Å². The van der Waals surface area contributed by atoms with Crippen LogP contribution >= 0.6 is 38.9 Å². The molecule has 0 aromatic carbocycles. The summed E-state index contributed by atoms with van der Waals surface area (Å²) in [6.45, 7) is 0. The van der Waals surface area contributed by atoms with Crippen molar-refractivity contribution < 1.29 is 0 Å². The summed E-state index contributed by atoms with van der Waals surface area (Å²) in [6.07, 6.45) is 1.61. The standard InChI is InChI=1S/C10H9BrClN3S/c11-8-5-16-4-7(8)10(15-13)9-2-1-6(12)3-14-9/h1-5,10,15H,13H2. The maximum Gasteiger partial charge on any atom is 0.0900 e. The average Bonchev–Trinajstić information content (AvgIpc) is 2.69. The van der Waals surface area contributed by atoms with Gasteiger partial charge in [-0.2, -0.15) is 11.3 Å². The quantitative estimate of drug-likeness (QED) is 0.675.